The molecule has 0 fully saturated rings. The average Bonchev–Trinajstić information content (AvgIpc) is 2.26. The SMILES string of the molecule is CNC(=O)CNC(=O)c1ccc(F)nc1. The molecule has 0 atom stereocenters. The summed E-state index contributed by atoms with van der Waals surface area (Å²) in [5.41, 5.74) is 0.209. The summed E-state index contributed by atoms with van der Waals surface area (Å²) < 4.78 is 12.4. The third-order valence-electron chi connectivity index (χ3n) is 1.68. The van der Waals surface area contributed by atoms with Crippen LogP contribution in [0.4, 0.5) is 4.39 Å². The zero-order valence-electron chi connectivity index (χ0n) is 8.08. The van der Waals surface area contributed by atoms with Crippen LogP contribution in [0.25, 0.3) is 0 Å². The number of hydrogen-bond acceptors (Lipinski definition) is 3. The lowest BCUT2D eigenvalue weighted by molar-refractivity contribution is -0.119. The highest BCUT2D eigenvalue weighted by Gasteiger charge is 2.07. The largest absolute Gasteiger partial charge is 0.358 e. The predicted molar refractivity (Wildman–Crippen MR) is 50.6 cm³/mol. The van der Waals surface area contributed by atoms with Gasteiger partial charge < -0.3 is 10.6 Å². The lowest BCUT2D eigenvalue weighted by Gasteiger charge is -2.03. The highest BCUT2D eigenvalue weighted by Crippen LogP contribution is 1.98. The molecule has 0 aliphatic carbocycles. The van der Waals surface area contributed by atoms with Gasteiger partial charge in [0.1, 0.15) is 0 Å². The van der Waals surface area contributed by atoms with Gasteiger partial charge in [-0.3, -0.25) is 9.59 Å². The van der Waals surface area contributed by atoms with Gasteiger partial charge in [0.05, 0.1) is 12.1 Å². The van der Waals surface area contributed by atoms with Crippen LogP contribution >= 0.6 is 0 Å². The molecule has 2 N–H and O–H groups in total. The van der Waals surface area contributed by atoms with Crippen LogP contribution in [0, 0.1) is 5.95 Å². The number of rotatable bonds is 3. The van der Waals surface area contributed by atoms with E-state index in [0.717, 1.165) is 12.3 Å². The van der Waals surface area contributed by atoms with Crippen molar-refractivity contribution in [1.29, 1.82) is 0 Å². The molecule has 5 nitrogen and oxygen atoms in total. The van der Waals surface area contributed by atoms with E-state index in [1.54, 1.807) is 0 Å². The second kappa shape index (κ2) is 5.04. The summed E-state index contributed by atoms with van der Waals surface area (Å²) in [4.78, 5) is 25.4. The number of halogens is 1. The summed E-state index contributed by atoms with van der Waals surface area (Å²) >= 11 is 0. The second-order valence-corrected chi connectivity index (χ2v) is 2.73. The number of carbonyl (C=O) groups excluding carboxylic acids is 2. The summed E-state index contributed by atoms with van der Waals surface area (Å²) in [7, 11) is 1.47. The Bertz CT molecular complexity index is 364. The van der Waals surface area contributed by atoms with Crippen LogP contribution < -0.4 is 10.6 Å². The molecule has 0 bridgehead atoms. The first-order valence-electron chi connectivity index (χ1n) is 4.24. The Kier molecular flexibility index (Phi) is 3.73. The van der Waals surface area contributed by atoms with Crippen molar-refractivity contribution >= 4 is 11.8 Å². The third kappa shape index (κ3) is 3.34. The molecule has 0 aliphatic rings. The molecule has 0 saturated heterocycles. The Morgan fingerprint density at radius 2 is 2.20 bits per heavy atom. The average molecular weight is 211 g/mol. The van der Waals surface area contributed by atoms with Gasteiger partial charge in [-0.05, 0) is 12.1 Å². The van der Waals surface area contributed by atoms with Crippen LogP contribution in [-0.4, -0.2) is 30.4 Å². The van der Waals surface area contributed by atoms with E-state index < -0.39 is 11.9 Å². The third-order valence-corrected chi connectivity index (χ3v) is 1.68. The number of amides is 2. The van der Waals surface area contributed by atoms with Gasteiger partial charge in [-0.25, -0.2) is 4.98 Å². The molecule has 15 heavy (non-hydrogen) atoms. The number of likely N-dealkylation sites (N-methyl/N-ethyl adjacent to an activating group) is 1. The molecule has 0 spiro atoms. The smallest absolute Gasteiger partial charge is 0.253 e. The zero-order chi connectivity index (χ0) is 11.3. The molecule has 80 valence electrons. The van der Waals surface area contributed by atoms with Gasteiger partial charge in [-0.1, -0.05) is 0 Å². The van der Waals surface area contributed by atoms with E-state index >= 15 is 0 Å². The van der Waals surface area contributed by atoms with Gasteiger partial charge in [0, 0.05) is 13.2 Å². The van der Waals surface area contributed by atoms with Crippen LogP contribution in [0.2, 0.25) is 0 Å². The van der Waals surface area contributed by atoms with Crippen molar-refractivity contribution in [2.45, 2.75) is 0 Å². The van der Waals surface area contributed by atoms with E-state index in [1.165, 1.54) is 13.1 Å². The van der Waals surface area contributed by atoms with Crippen molar-refractivity contribution < 1.29 is 14.0 Å². The van der Waals surface area contributed by atoms with Crippen molar-refractivity contribution in [2.75, 3.05) is 13.6 Å². The normalized spacial score (nSPS) is 9.47. The first-order valence-corrected chi connectivity index (χ1v) is 4.24. The van der Waals surface area contributed by atoms with Gasteiger partial charge in [0.25, 0.3) is 5.91 Å². The highest BCUT2D eigenvalue weighted by atomic mass is 19.1. The van der Waals surface area contributed by atoms with Crippen LogP contribution in [-0.2, 0) is 4.79 Å². The number of pyridine rings is 1. The molecule has 0 saturated carbocycles. The molecule has 6 heteroatoms. The highest BCUT2D eigenvalue weighted by molar-refractivity contribution is 5.96. The summed E-state index contributed by atoms with van der Waals surface area (Å²) in [5.74, 6) is -1.43. The van der Waals surface area contributed by atoms with E-state index in [1.807, 2.05) is 0 Å². The van der Waals surface area contributed by atoms with Crippen LogP contribution in [0.15, 0.2) is 18.3 Å². The van der Waals surface area contributed by atoms with Crippen LogP contribution in [0.5, 0.6) is 0 Å². The quantitative estimate of drug-likeness (QED) is 0.674. The number of carbonyl (C=O) groups is 2. The minimum absolute atomic E-state index is 0.118. The monoisotopic (exact) mass is 211 g/mol. The van der Waals surface area contributed by atoms with Crippen molar-refractivity contribution in [2.24, 2.45) is 0 Å². The lowest BCUT2D eigenvalue weighted by atomic mass is 10.2. The maximum atomic E-state index is 12.4. The molecule has 1 rings (SSSR count). The van der Waals surface area contributed by atoms with E-state index in [9.17, 15) is 14.0 Å². The van der Waals surface area contributed by atoms with E-state index in [2.05, 4.69) is 15.6 Å². The van der Waals surface area contributed by atoms with Gasteiger partial charge in [-0.2, -0.15) is 4.39 Å². The maximum Gasteiger partial charge on any atom is 0.253 e. The molecule has 0 aromatic carbocycles. The molecule has 1 aromatic rings. The summed E-state index contributed by atoms with van der Waals surface area (Å²) in [5, 5.41) is 4.71. The number of nitrogens with zero attached hydrogens (tertiary/aromatic N) is 1. The first-order chi connectivity index (χ1) is 7.13. The number of aromatic nitrogens is 1. The van der Waals surface area contributed by atoms with Crippen LogP contribution in [0.1, 0.15) is 10.4 Å². The van der Waals surface area contributed by atoms with Gasteiger partial charge in [0.15, 0.2) is 0 Å². The van der Waals surface area contributed by atoms with Crippen molar-refractivity contribution in [1.82, 2.24) is 15.6 Å². The van der Waals surface area contributed by atoms with E-state index in [-0.39, 0.29) is 18.0 Å². The molecule has 0 radical (unpaired) electrons. The van der Waals surface area contributed by atoms with Gasteiger partial charge in [0.2, 0.25) is 11.9 Å². The van der Waals surface area contributed by atoms with Crippen molar-refractivity contribution in [3.05, 3.63) is 29.8 Å². The van der Waals surface area contributed by atoms with Gasteiger partial charge >= 0.3 is 0 Å². The Morgan fingerprint density at radius 1 is 1.47 bits per heavy atom. The van der Waals surface area contributed by atoms with Gasteiger partial charge in [-0.15, -0.1) is 0 Å². The van der Waals surface area contributed by atoms with E-state index in [0.29, 0.717) is 0 Å². The Hall–Kier alpha value is -1.98. The minimum atomic E-state index is -0.655. The van der Waals surface area contributed by atoms with Crippen LogP contribution in [0.3, 0.4) is 0 Å². The predicted octanol–water partition coefficient (Wildman–Crippen LogP) is -0.304. The lowest BCUT2D eigenvalue weighted by Crippen LogP contribution is -2.35. The molecule has 2 amide bonds. The van der Waals surface area contributed by atoms with Crippen molar-refractivity contribution in [3.8, 4) is 0 Å². The molecule has 0 unspecified atom stereocenters. The fourth-order valence-corrected chi connectivity index (χ4v) is 0.861. The van der Waals surface area contributed by atoms with E-state index in [4.69, 9.17) is 0 Å². The Labute approximate surface area is 85.7 Å². The fraction of sp³-hybridized carbons (Fsp3) is 0.222. The molecular formula is C9H10FN3O2. The summed E-state index contributed by atoms with van der Waals surface area (Å²) in [6, 6.07) is 2.37. The minimum Gasteiger partial charge on any atom is -0.358 e. The standard InChI is InChI=1S/C9H10FN3O2/c1-11-8(14)5-13-9(15)6-2-3-7(10)12-4-6/h2-4H,5H2,1H3,(H,11,14)(H,13,15). The summed E-state index contributed by atoms with van der Waals surface area (Å²) in [6.07, 6.45) is 1.11. The number of hydrogen-bond donors (Lipinski definition) is 2. The maximum absolute atomic E-state index is 12.4. The van der Waals surface area contributed by atoms with Crippen molar-refractivity contribution in [3.63, 3.8) is 0 Å². The Morgan fingerprint density at radius 3 is 2.73 bits per heavy atom. The zero-order valence-corrected chi connectivity index (χ0v) is 8.08. The number of nitrogens with one attached hydrogen (secondary N) is 2. The summed E-state index contributed by atoms with van der Waals surface area (Å²) in [6.45, 7) is -0.118. The topological polar surface area (TPSA) is 71.1 Å². The first kappa shape index (κ1) is 11.1. The molecule has 0 aliphatic heterocycles. The Balaban J connectivity index is 2.54. The molecular weight excluding hydrogens is 201 g/mol. The molecule has 1 aromatic heterocycles. The molecule has 1 heterocycles. The fourth-order valence-electron chi connectivity index (χ4n) is 0.861. The second-order valence-electron chi connectivity index (χ2n) is 2.73.